The summed E-state index contributed by atoms with van der Waals surface area (Å²) < 4.78 is 5.32. The van der Waals surface area contributed by atoms with Gasteiger partial charge in [-0.15, -0.1) is 0 Å². The highest BCUT2D eigenvalue weighted by Crippen LogP contribution is 2.21. The van der Waals surface area contributed by atoms with Crippen LogP contribution in [0.5, 0.6) is 0 Å². The molecule has 0 radical (unpaired) electrons. The van der Waals surface area contributed by atoms with E-state index in [1.54, 1.807) is 0 Å². The number of nitrogens with one attached hydrogen (secondary N) is 1. The van der Waals surface area contributed by atoms with Crippen LogP contribution in [0, 0.1) is 5.92 Å². The molecule has 1 N–H and O–H groups in total. The molecule has 2 aromatic rings. The van der Waals surface area contributed by atoms with Gasteiger partial charge in [0, 0.05) is 32.3 Å². The molecular formula is C23H28N2O2. The fraction of sp³-hybridized carbons (Fsp3) is 0.435. The molecule has 2 saturated heterocycles. The summed E-state index contributed by atoms with van der Waals surface area (Å²) in [5.41, 5.74) is 3.87. The van der Waals surface area contributed by atoms with E-state index in [9.17, 15) is 4.79 Å². The molecule has 2 fully saturated rings. The summed E-state index contributed by atoms with van der Waals surface area (Å²) in [6, 6.07) is 19.7. The molecule has 4 heteroatoms. The van der Waals surface area contributed by atoms with E-state index in [0.717, 1.165) is 45.5 Å². The Morgan fingerprint density at radius 2 is 1.67 bits per heavy atom. The zero-order chi connectivity index (χ0) is 18.5. The number of likely N-dealkylation sites (tertiary alicyclic amines) is 1. The molecule has 2 heterocycles. The lowest BCUT2D eigenvalue weighted by Crippen LogP contribution is -2.46. The molecule has 4 rings (SSSR count). The van der Waals surface area contributed by atoms with Gasteiger partial charge in [-0.25, -0.2) is 0 Å². The molecule has 1 atom stereocenters. The number of carbonyl (C=O) groups is 1. The second-order valence-electron chi connectivity index (χ2n) is 7.68. The van der Waals surface area contributed by atoms with Crippen molar-refractivity contribution in [3.8, 4) is 11.1 Å². The number of carbonyl (C=O) groups excluding carboxylic acids is 1. The first kappa shape index (κ1) is 18.2. The number of nitrogens with zero attached hydrogens (tertiary/aromatic N) is 1. The Morgan fingerprint density at radius 3 is 2.33 bits per heavy atom. The average molecular weight is 364 g/mol. The molecule has 142 valence electrons. The number of hydrogen-bond acceptors (Lipinski definition) is 3. The lowest BCUT2D eigenvalue weighted by molar-refractivity contribution is -0.126. The quantitative estimate of drug-likeness (QED) is 0.883. The van der Waals surface area contributed by atoms with Crippen molar-refractivity contribution in [2.24, 2.45) is 5.92 Å². The average Bonchev–Trinajstić information content (AvgIpc) is 3.26. The van der Waals surface area contributed by atoms with E-state index in [2.05, 4.69) is 58.7 Å². The molecule has 0 spiro atoms. The Balaban J connectivity index is 1.25. The lowest BCUT2D eigenvalue weighted by Gasteiger charge is -2.32. The number of rotatable bonds is 5. The number of hydrogen-bond donors (Lipinski definition) is 1. The van der Waals surface area contributed by atoms with E-state index in [1.165, 1.54) is 16.7 Å². The van der Waals surface area contributed by atoms with Crippen molar-refractivity contribution >= 4 is 5.91 Å². The van der Waals surface area contributed by atoms with Gasteiger partial charge in [0.2, 0.25) is 5.91 Å². The summed E-state index contributed by atoms with van der Waals surface area (Å²) in [5, 5.41) is 3.23. The molecular weight excluding hydrogens is 336 g/mol. The number of ether oxygens (including phenoxy) is 1. The fourth-order valence-electron chi connectivity index (χ4n) is 3.99. The van der Waals surface area contributed by atoms with Gasteiger partial charge in [-0.1, -0.05) is 54.6 Å². The van der Waals surface area contributed by atoms with Crippen molar-refractivity contribution in [1.82, 2.24) is 10.2 Å². The third-order valence-corrected chi connectivity index (χ3v) is 5.70. The summed E-state index contributed by atoms with van der Waals surface area (Å²) in [6.07, 6.45) is 2.92. The monoisotopic (exact) mass is 364 g/mol. The molecule has 2 aliphatic rings. The SMILES string of the molecule is O=C(NC1CCN(Cc2ccc(-c3ccccc3)cc2)CC1)C1CCOC1. The highest BCUT2D eigenvalue weighted by atomic mass is 16.5. The normalized spacial score (nSPS) is 21.3. The summed E-state index contributed by atoms with van der Waals surface area (Å²) >= 11 is 0. The van der Waals surface area contributed by atoms with E-state index < -0.39 is 0 Å². The van der Waals surface area contributed by atoms with Crippen LogP contribution in [-0.4, -0.2) is 43.2 Å². The Kier molecular flexibility index (Phi) is 5.85. The highest BCUT2D eigenvalue weighted by molar-refractivity contribution is 5.79. The van der Waals surface area contributed by atoms with Crippen LogP contribution in [0.15, 0.2) is 54.6 Å². The topological polar surface area (TPSA) is 41.6 Å². The molecule has 2 aromatic carbocycles. The van der Waals surface area contributed by atoms with Crippen LogP contribution in [0.25, 0.3) is 11.1 Å². The largest absolute Gasteiger partial charge is 0.381 e. The maximum absolute atomic E-state index is 12.2. The number of benzene rings is 2. The Hall–Kier alpha value is -2.17. The van der Waals surface area contributed by atoms with Crippen LogP contribution in [0.3, 0.4) is 0 Å². The van der Waals surface area contributed by atoms with E-state index in [0.29, 0.717) is 12.6 Å². The minimum Gasteiger partial charge on any atom is -0.381 e. The van der Waals surface area contributed by atoms with Crippen LogP contribution >= 0.6 is 0 Å². The fourth-order valence-corrected chi connectivity index (χ4v) is 3.99. The van der Waals surface area contributed by atoms with Crippen LogP contribution in [-0.2, 0) is 16.1 Å². The van der Waals surface area contributed by atoms with Crippen molar-refractivity contribution < 1.29 is 9.53 Å². The maximum atomic E-state index is 12.2. The Morgan fingerprint density at radius 1 is 0.963 bits per heavy atom. The van der Waals surface area contributed by atoms with Gasteiger partial charge >= 0.3 is 0 Å². The molecule has 0 bridgehead atoms. The summed E-state index contributed by atoms with van der Waals surface area (Å²) in [4.78, 5) is 14.7. The smallest absolute Gasteiger partial charge is 0.225 e. The summed E-state index contributed by atoms with van der Waals surface area (Å²) in [5.74, 6) is 0.244. The molecule has 1 amide bonds. The summed E-state index contributed by atoms with van der Waals surface area (Å²) in [6.45, 7) is 4.36. The number of piperidine rings is 1. The molecule has 1 unspecified atom stereocenters. The van der Waals surface area contributed by atoms with Gasteiger partial charge < -0.3 is 10.1 Å². The third-order valence-electron chi connectivity index (χ3n) is 5.70. The van der Waals surface area contributed by atoms with Crippen molar-refractivity contribution in [2.45, 2.75) is 31.8 Å². The van der Waals surface area contributed by atoms with Crippen LogP contribution in [0.2, 0.25) is 0 Å². The molecule has 0 aliphatic carbocycles. The minimum absolute atomic E-state index is 0.0613. The summed E-state index contributed by atoms with van der Waals surface area (Å²) in [7, 11) is 0. The second kappa shape index (κ2) is 8.68. The van der Waals surface area contributed by atoms with Crippen LogP contribution in [0.4, 0.5) is 0 Å². The second-order valence-corrected chi connectivity index (χ2v) is 7.68. The lowest BCUT2D eigenvalue weighted by atomic mass is 10.0. The van der Waals surface area contributed by atoms with Crippen molar-refractivity contribution in [2.75, 3.05) is 26.3 Å². The van der Waals surface area contributed by atoms with E-state index in [1.807, 2.05) is 6.07 Å². The Bertz CT molecular complexity index is 731. The van der Waals surface area contributed by atoms with Crippen molar-refractivity contribution in [3.05, 3.63) is 60.2 Å². The van der Waals surface area contributed by atoms with Crippen LogP contribution < -0.4 is 5.32 Å². The first-order valence-electron chi connectivity index (χ1n) is 10.0. The zero-order valence-corrected chi connectivity index (χ0v) is 15.8. The highest BCUT2D eigenvalue weighted by Gasteiger charge is 2.27. The minimum atomic E-state index is 0.0613. The maximum Gasteiger partial charge on any atom is 0.225 e. The van der Waals surface area contributed by atoms with Gasteiger partial charge in [0.05, 0.1) is 12.5 Å². The first-order valence-corrected chi connectivity index (χ1v) is 10.0. The van der Waals surface area contributed by atoms with Crippen molar-refractivity contribution in [3.63, 3.8) is 0 Å². The van der Waals surface area contributed by atoms with Gasteiger partial charge in [-0.2, -0.15) is 0 Å². The Labute approximate surface area is 161 Å². The van der Waals surface area contributed by atoms with Gasteiger partial charge in [-0.3, -0.25) is 9.69 Å². The van der Waals surface area contributed by atoms with Crippen LogP contribution in [0.1, 0.15) is 24.8 Å². The molecule has 0 saturated carbocycles. The third kappa shape index (κ3) is 4.76. The predicted molar refractivity (Wildman–Crippen MR) is 107 cm³/mol. The standard InChI is InChI=1S/C23H28N2O2/c26-23(21-12-15-27-17-21)24-22-10-13-25(14-11-22)16-18-6-8-20(9-7-18)19-4-2-1-3-5-19/h1-9,21-22H,10-17H2,(H,24,26). The van der Waals surface area contributed by atoms with Gasteiger partial charge in [0.15, 0.2) is 0 Å². The molecule has 2 aliphatic heterocycles. The van der Waals surface area contributed by atoms with Gasteiger partial charge in [-0.05, 0) is 36.0 Å². The molecule has 4 nitrogen and oxygen atoms in total. The molecule has 27 heavy (non-hydrogen) atoms. The van der Waals surface area contributed by atoms with Crippen molar-refractivity contribution in [1.29, 1.82) is 0 Å². The predicted octanol–water partition coefficient (Wildman–Crippen LogP) is 3.47. The van der Waals surface area contributed by atoms with E-state index in [4.69, 9.17) is 4.74 Å². The van der Waals surface area contributed by atoms with Gasteiger partial charge in [0.25, 0.3) is 0 Å². The van der Waals surface area contributed by atoms with E-state index in [-0.39, 0.29) is 11.8 Å². The van der Waals surface area contributed by atoms with E-state index >= 15 is 0 Å². The molecule has 0 aromatic heterocycles. The first-order chi connectivity index (χ1) is 13.3. The van der Waals surface area contributed by atoms with Gasteiger partial charge in [0.1, 0.15) is 0 Å². The number of amides is 1. The zero-order valence-electron chi connectivity index (χ0n) is 15.8.